The number of ether oxygens (including phenoxy) is 1. The minimum atomic E-state index is 0.741. The molecule has 0 fully saturated rings. The van der Waals surface area contributed by atoms with Crippen molar-refractivity contribution in [1.29, 1.82) is 0 Å². The third kappa shape index (κ3) is 6.74. The molecule has 0 unspecified atom stereocenters. The second-order valence-electron chi connectivity index (χ2n) is 6.49. The Morgan fingerprint density at radius 2 is 1.53 bits per heavy atom. The molecule has 2 aromatic heterocycles. The summed E-state index contributed by atoms with van der Waals surface area (Å²) in [6.45, 7) is 2.71. The number of benzene rings is 2. The van der Waals surface area contributed by atoms with Crippen LogP contribution in [0.5, 0.6) is 5.75 Å². The Morgan fingerprint density at radius 1 is 0.867 bits per heavy atom. The van der Waals surface area contributed by atoms with E-state index in [1.165, 1.54) is 10.8 Å². The molecule has 0 aliphatic carbocycles. The van der Waals surface area contributed by atoms with Gasteiger partial charge in [-0.1, -0.05) is 42.5 Å². The van der Waals surface area contributed by atoms with Crippen LogP contribution in [-0.4, -0.2) is 24.1 Å². The zero-order valence-electron chi connectivity index (χ0n) is 17.2. The van der Waals surface area contributed by atoms with Crippen LogP contribution in [0, 0.1) is 6.92 Å². The molecule has 2 aromatic carbocycles. The number of hydrogen-bond donors (Lipinski definition) is 0. The summed E-state index contributed by atoms with van der Waals surface area (Å²) in [6, 6.07) is 24.3. The van der Waals surface area contributed by atoms with Crippen LogP contribution in [0.3, 0.4) is 0 Å². The minimum absolute atomic E-state index is 0.741. The SMILES string of the molecule is COc1ccc2ccccc2c1N(C)Cc1ccccn1.Cc1ccccn1.[Cl][Cu+]. The molecule has 0 aliphatic heterocycles. The summed E-state index contributed by atoms with van der Waals surface area (Å²) in [5.74, 6) is 0.882. The second-order valence-corrected chi connectivity index (χ2v) is 6.49. The molecule has 0 atom stereocenters. The molecule has 4 rings (SSSR count). The van der Waals surface area contributed by atoms with E-state index >= 15 is 0 Å². The van der Waals surface area contributed by atoms with Crippen LogP contribution in [0.1, 0.15) is 11.4 Å². The van der Waals surface area contributed by atoms with Crippen LogP contribution >= 0.6 is 10.1 Å². The van der Waals surface area contributed by atoms with Gasteiger partial charge in [-0.25, -0.2) is 0 Å². The van der Waals surface area contributed by atoms with E-state index in [-0.39, 0.29) is 0 Å². The Bertz CT molecular complexity index is 1020. The van der Waals surface area contributed by atoms with E-state index in [4.69, 9.17) is 4.74 Å². The Morgan fingerprint density at radius 3 is 2.10 bits per heavy atom. The van der Waals surface area contributed by atoms with Gasteiger partial charge in [0.15, 0.2) is 0 Å². The molecule has 0 saturated carbocycles. The Balaban J connectivity index is 0.000000299. The number of pyridine rings is 2. The molecule has 0 saturated heterocycles. The zero-order chi connectivity index (χ0) is 21.8. The van der Waals surface area contributed by atoms with Crippen molar-refractivity contribution in [3.05, 3.63) is 96.6 Å². The van der Waals surface area contributed by atoms with E-state index in [1.807, 2.05) is 55.6 Å². The van der Waals surface area contributed by atoms with E-state index in [2.05, 4.69) is 77.4 Å². The second kappa shape index (κ2) is 12.9. The number of halogens is 1. The molecule has 0 N–H and O–H groups in total. The van der Waals surface area contributed by atoms with Gasteiger partial charge in [0.1, 0.15) is 5.75 Å². The third-order valence-corrected chi connectivity index (χ3v) is 4.40. The Labute approximate surface area is 190 Å². The zero-order valence-corrected chi connectivity index (χ0v) is 18.9. The molecular formula is C24H25ClCuN3O+. The molecule has 0 spiro atoms. The normalized spacial score (nSPS) is 9.67. The molecule has 30 heavy (non-hydrogen) atoms. The molecule has 0 radical (unpaired) electrons. The van der Waals surface area contributed by atoms with Gasteiger partial charge in [-0.3, -0.25) is 9.97 Å². The molecular weight excluding hydrogens is 445 g/mol. The van der Waals surface area contributed by atoms with Crippen molar-refractivity contribution >= 4 is 26.6 Å². The van der Waals surface area contributed by atoms with Crippen molar-refractivity contribution in [1.82, 2.24) is 9.97 Å². The van der Waals surface area contributed by atoms with E-state index in [1.54, 1.807) is 13.3 Å². The fraction of sp³-hybridized carbons (Fsp3) is 0.167. The first kappa shape index (κ1) is 23.7. The number of anilines is 1. The van der Waals surface area contributed by atoms with Gasteiger partial charge in [-0.05, 0) is 42.6 Å². The first-order valence-corrected chi connectivity index (χ1v) is 10.6. The molecule has 159 valence electrons. The van der Waals surface area contributed by atoms with Crippen LogP contribution in [0.15, 0.2) is 85.2 Å². The van der Waals surface area contributed by atoms with Gasteiger partial charge in [0.2, 0.25) is 0 Å². The van der Waals surface area contributed by atoms with Crippen LogP contribution in [-0.2, 0) is 21.6 Å². The van der Waals surface area contributed by atoms with Crippen LogP contribution < -0.4 is 9.64 Å². The fourth-order valence-corrected chi connectivity index (χ4v) is 3.06. The summed E-state index contributed by atoms with van der Waals surface area (Å²) in [7, 11) is 7.98. The van der Waals surface area contributed by atoms with Gasteiger partial charge in [-0.15, -0.1) is 0 Å². The maximum atomic E-state index is 5.55. The average molecular weight is 470 g/mol. The van der Waals surface area contributed by atoms with E-state index < -0.39 is 0 Å². The van der Waals surface area contributed by atoms with Crippen molar-refractivity contribution in [2.45, 2.75) is 13.5 Å². The molecule has 6 heteroatoms. The number of methoxy groups -OCH3 is 1. The first-order valence-electron chi connectivity index (χ1n) is 9.35. The summed E-state index contributed by atoms with van der Waals surface area (Å²) in [5.41, 5.74) is 3.21. The standard InChI is InChI=1S/C18H18N2O.C6H7N.ClH.Cu/c1-20(13-15-8-5-6-12-19-15)18-16-9-4-3-7-14(16)10-11-17(18)21-2;1-6-4-2-3-5-7-6;;/h3-12H,13H2,1-2H3;2-5H,1H3;1H;/q;;;+2/p-1. The summed E-state index contributed by atoms with van der Waals surface area (Å²) >= 11 is 3.66. The van der Waals surface area contributed by atoms with Crippen molar-refractivity contribution < 1.29 is 19.8 Å². The van der Waals surface area contributed by atoms with E-state index in [9.17, 15) is 0 Å². The molecule has 4 aromatic rings. The summed E-state index contributed by atoms with van der Waals surface area (Å²) < 4.78 is 5.55. The third-order valence-electron chi connectivity index (χ3n) is 4.40. The van der Waals surface area contributed by atoms with Crippen LogP contribution in [0.4, 0.5) is 5.69 Å². The number of aromatic nitrogens is 2. The van der Waals surface area contributed by atoms with Crippen molar-refractivity contribution in [3.63, 3.8) is 0 Å². The van der Waals surface area contributed by atoms with Crippen molar-refractivity contribution in [2.75, 3.05) is 19.1 Å². The number of aryl methyl sites for hydroxylation is 1. The van der Waals surface area contributed by atoms with Gasteiger partial charge >= 0.3 is 25.2 Å². The molecule has 0 aliphatic rings. The topological polar surface area (TPSA) is 38.2 Å². The number of nitrogens with zero attached hydrogens (tertiary/aromatic N) is 3. The van der Waals surface area contributed by atoms with Gasteiger partial charge in [0.25, 0.3) is 0 Å². The number of rotatable bonds is 4. The monoisotopic (exact) mass is 469 g/mol. The summed E-state index contributed by atoms with van der Waals surface area (Å²) in [5, 5.41) is 2.40. The predicted molar refractivity (Wildman–Crippen MR) is 122 cm³/mol. The average Bonchev–Trinajstić information content (AvgIpc) is 2.81. The molecule has 0 bridgehead atoms. The Kier molecular flexibility index (Phi) is 10.2. The number of fused-ring (bicyclic) bond motifs is 1. The van der Waals surface area contributed by atoms with Gasteiger partial charge in [0, 0.05) is 30.5 Å². The molecule has 4 nitrogen and oxygen atoms in total. The van der Waals surface area contributed by atoms with Crippen LogP contribution in [0.25, 0.3) is 10.8 Å². The van der Waals surface area contributed by atoms with Gasteiger partial charge in [0.05, 0.1) is 25.0 Å². The first-order chi connectivity index (χ1) is 14.7. The number of hydrogen-bond acceptors (Lipinski definition) is 4. The fourth-order valence-electron chi connectivity index (χ4n) is 3.06. The Hall–Kier alpha value is -2.59. The maximum absolute atomic E-state index is 5.55. The predicted octanol–water partition coefficient (Wildman–Crippen LogP) is 5.96. The van der Waals surface area contributed by atoms with E-state index in [0.717, 1.165) is 29.4 Å². The quantitative estimate of drug-likeness (QED) is 0.345. The molecule has 2 heterocycles. The van der Waals surface area contributed by atoms with Crippen molar-refractivity contribution in [3.8, 4) is 5.75 Å². The van der Waals surface area contributed by atoms with E-state index in [0.29, 0.717) is 0 Å². The van der Waals surface area contributed by atoms with Crippen molar-refractivity contribution in [2.24, 2.45) is 0 Å². The summed E-state index contributed by atoms with van der Waals surface area (Å²) in [6.07, 6.45) is 3.61. The van der Waals surface area contributed by atoms with Crippen LogP contribution in [0.2, 0.25) is 0 Å². The van der Waals surface area contributed by atoms with Gasteiger partial charge in [-0.2, -0.15) is 0 Å². The molecule has 0 amide bonds. The summed E-state index contributed by atoms with van der Waals surface area (Å²) in [4.78, 5) is 10.6. The van der Waals surface area contributed by atoms with Gasteiger partial charge < -0.3 is 9.64 Å².